The Kier molecular flexibility index (Phi) is 6.18. The molecule has 0 bridgehead atoms. The molecule has 4 N–H and O–H groups in total. The van der Waals surface area contributed by atoms with Crippen LogP contribution in [0.2, 0.25) is 0 Å². The summed E-state index contributed by atoms with van der Waals surface area (Å²) < 4.78 is 0. The molecule has 0 aromatic heterocycles. The van der Waals surface area contributed by atoms with Crippen LogP contribution in [0.4, 0.5) is 4.79 Å². The maximum absolute atomic E-state index is 11.8. The van der Waals surface area contributed by atoms with Crippen LogP contribution in [-0.2, 0) is 14.4 Å². The second-order valence-corrected chi connectivity index (χ2v) is 3.41. The summed E-state index contributed by atoms with van der Waals surface area (Å²) in [5.74, 6) is -3.46. The molecule has 0 radical (unpaired) electrons. The second-order valence-electron chi connectivity index (χ2n) is 3.41. The number of hydrogen-bond donors (Lipinski definition) is 3. The van der Waals surface area contributed by atoms with E-state index in [1.807, 2.05) is 0 Å². The van der Waals surface area contributed by atoms with Gasteiger partial charge in [-0.1, -0.05) is 0 Å². The first-order chi connectivity index (χ1) is 8.27. The molecule has 0 unspecified atom stereocenters. The van der Waals surface area contributed by atoms with E-state index in [2.05, 4.69) is 0 Å². The van der Waals surface area contributed by atoms with Crippen LogP contribution in [0, 0.1) is 0 Å². The van der Waals surface area contributed by atoms with Crippen LogP contribution in [0.5, 0.6) is 0 Å². The number of carboxylic acids is 2. The summed E-state index contributed by atoms with van der Waals surface area (Å²) >= 11 is 0. The van der Waals surface area contributed by atoms with Gasteiger partial charge in [-0.05, 0) is 6.92 Å². The zero-order valence-corrected chi connectivity index (χ0v) is 9.83. The van der Waals surface area contributed by atoms with Gasteiger partial charge >= 0.3 is 18.0 Å². The Morgan fingerprint density at radius 3 is 1.67 bits per heavy atom. The molecule has 0 rings (SSSR count). The van der Waals surface area contributed by atoms with Gasteiger partial charge in [0.25, 0.3) is 0 Å². The Morgan fingerprint density at radius 1 is 0.944 bits per heavy atom. The highest BCUT2D eigenvalue weighted by molar-refractivity contribution is 5.87. The van der Waals surface area contributed by atoms with E-state index in [1.165, 1.54) is 0 Å². The van der Waals surface area contributed by atoms with E-state index in [0.29, 0.717) is 4.90 Å². The van der Waals surface area contributed by atoms with Crippen LogP contribution in [0.1, 0.15) is 6.92 Å². The average molecular weight is 261 g/mol. The third kappa shape index (κ3) is 5.68. The third-order valence-electron chi connectivity index (χ3n) is 1.92. The van der Waals surface area contributed by atoms with Gasteiger partial charge in [0.2, 0.25) is 5.91 Å². The number of nitrogens with two attached hydrogens (primary N) is 1. The van der Waals surface area contributed by atoms with Gasteiger partial charge in [0, 0.05) is 6.54 Å². The first kappa shape index (κ1) is 15.7. The highest BCUT2D eigenvalue weighted by Gasteiger charge is 2.24. The summed E-state index contributed by atoms with van der Waals surface area (Å²) in [5.41, 5.74) is 4.93. The molecule has 18 heavy (non-hydrogen) atoms. The number of carbonyl (C=O) groups excluding carboxylic acids is 2. The Balaban J connectivity index is 4.84. The lowest BCUT2D eigenvalue weighted by Crippen LogP contribution is -2.49. The second kappa shape index (κ2) is 7.09. The van der Waals surface area contributed by atoms with Gasteiger partial charge in [-0.25, -0.2) is 4.79 Å². The zero-order valence-electron chi connectivity index (χ0n) is 9.83. The van der Waals surface area contributed by atoms with Crippen LogP contribution in [0.3, 0.4) is 0 Å². The molecule has 0 fully saturated rings. The van der Waals surface area contributed by atoms with E-state index < -0.39 is 43.5 Å². The largest absolute Gasteiger partial charge is 0.480 e. The summed E-state index contributed by atoms with van der Waals surface area (Å²) in [5, 5.41) is 17.2. The van der Waals surface area contributed by atoms with Crippen molar-refractivity contribution >= 4 is 23.9 Å². The van der Waals surface area contributed by atoms with Crippen LogP contribution in [-0.4, -0.2) is 70.1 Å². The zero-order chi connectivity index (χ0) is 14.3. The van der Waals surface area contributed by atoms with Crippen LogP contribution in [0.25, 0.3) is 0 Å². The van der Waals surface area contributed by atoms with Gasteiger partial charge in [0.05, 0.1) is 0 Å². The third-order valence-corrected chi connectivity index (χ3v) is 1.92. The van der Waals surface area contributed by atoms with E-state index in [-0.39, 0.29) is 6.54 Å². The van der Waals surface area contributed by atoms with Gasteiger partial charge < -0.3 is 25.7 Å². The van der Waals surface area contributed by atoms with E-state index in [9.17, 15) is 19.2 Å². The van der Waals surface area contributed by atoms with Gasteiger partial charge in [0.15, 0.2) is 0 Å². The highest BCUT2D eigenvalue weighted by atomic mass is 16.4. The van der Waals surface area contributed by atoms with Crippen molar-refractivity contribution in [2.24, 2.45) is 5.73 Å². The first-order valence-electron chi connectivity index (χ1n) is 5.03. The molecule has 9 heteroatoms. The Morgan fingerprint density at radius 2 is 1.39 bits per heavy atom. The minimum Gasteiger partial charge on any atom is -0.480 e. The molecule has 102 valence electrons. The number of amides is 3. The fourth-order valence-electron chi connectivity index (χ4n) is 1.22. The minimum absolute atomic E-state index is 0.109. The Hall–Kier alpha value is -2.32. The first-order valence-corrected chi connectivity index (χ1v) is 5.03. The molecule has 0 saturated heterocycles. The number of likely N-dealkylation sites (N-methyl/N-ethyl adjacent to an activating group) is 1. The summed E-state index contributed by atoms with van der Waals surface area (Å²) in [6.07, 6.45) is 0. The molecule has 0 aromatic carbocycles. The number of carboxylic acid groups (broad SMARTS) is 2. The van der Waals surface area contributed by atoms with Gasteiger partial charge in [-0.3, -0.25) is 14.4 Å². The molecule has 0 spiro atoms. The normalized spacial score (nSPS) is 9.61. The van der Waals surface area contributed by atoms with E-state index in [4.69, 9.17) is 15.9 Å². The van der Waals surface area contributed by atoms with Crippen molar-refractivity contribution in [3.05, 3.63) is 0 Å². The smallest absolute Gasteiger partial charge is 0.323 e. The van der Waals surface area contributed by atoms with Crippen LogP contribution < -0.4 is 5.73 Å². The van der Waals surface area contributed by atoms with Crippen molar-refractivity contribution in [1.82, 2.24) is 9.80 Å². The lowest BCUT2D eigenvalue weighted by Gasteiger charge is -2.26. The quantitative estimate of drug-likeness (QED) is 0.503. The summed E-state index contributed by atoms with van der Waals surface area (Å²) in [7, 11) is 0. The average Bonchev–Trinajstić information content (AvgIpc) is 2.22. The summed E-state index contributed by atoms with van der Waals surface area (Å²) in [4.78, 5) is 45.2. The molecule has 0 atom stereocenters. The van der Waals surface area contributed by atoms with Gasteiger partial charge in [0.1, 0.15) is 19.6 Å². The standard InChI is InChI=1S/C9H15N3O6/c1-2-11(3-6(10)13)9(18)12(4-7(14)15)5-8(16)17/h2-5H2,1H3,(H2,10,13)(H,14,15)(H,16,17). The van der Waals surface area contributed by atoms with Crippen LogP contribution in [0.15, 0.2) is 0 Å². The molecule has 0 aliphatic heterocycles. The number of primary amides is 1. The lowest BCUT2D eigenvalue weighted by molar-refractivity contribution is -0.140. The molecule has 0 heterocycles. The van der Waals surface area contributed by atoms with Crippen molar-refractivity contribution in [2.75, 3.05) is 26.2 Å². The van der Waals surface area contributed by atoms with Gasteiger partial charge in [-0.2, -0.15) is 0 Å². The summed E-state index contributed by atoms with van der Waals surface area (Å²) in [6, 6.07) is -0.860. The van der Waals surface area contributed by atoms with Crippen molar-refractivity contribution in [3.8, 4) is 0 Å². The summed E-state index contributed by atoms with van der Waals surface area (Å²) in [6.45, 7) is -0.260. The van der Waals surface area contributed by atoms with E-state index in [1.54, 1.807) is 6.92 Å². The van der Waals surface area contributed by atoms with Crippen molar-refractivity contribution in [2.45, 2.75) is 6.92 Å². The molecule has 0 aromatic rings. The Bertz CT molecular complexity index is 340. The molecule has 0 aliphatic rings. The fraction of sp³-hybridized carbons (Fsp3) is 0.556. The molecule has 0 aliphatic carbocycles. The number of aliphatic carboxylic acids is 2. The SMILES string of the molecule is CCN(CC(N)=O)C(=O)N(CC(=O)O)CC(=O)O. The highest BCUT2D eigenvalue weighted by Crippen LogP contribution is 1.99. The predicted octanol–water partition coefficient (Wildman–Crippen LogP) is -1.62. The number of urea groups is 1. The van der Waals surface area contributed by atoms with Crippen molar-refractivity contribution < 1.29 is 29.4 Å². The number of rotatable bonds is 7. The molecule has 0 saturated carbocycles. The Labute approximate surface area is 103 Å². The number of nitrogens with zero attached hydrogens (tertiary/aromatic N) is 2. The van der Waals surface area contributed by atoms with Crippen molar-refractivity contribution in [3.63, 3.8) is 0 Å². The maximum Gasteiger partial charge on any atom is 0.323 e. The minimum atomic E-state index is -1.35. The van der Waals surface area contributed by atoms with E-state index in [0.717, 1.165) is 4.90 Å². The fourth-order valence-corrected chi connectivity index (χ4v) is 1.22. The predicted molar refractivity (Wildman–Crippen MR) is 58.7 cm³/mol. The van der Waals surface area contributed by atoms with Crippen LogP contribution >= 0.6 is 0 Å². The molecule has 9 nitrogen and oxygen atoms in total. The number of hydrogen-bond acceptors (Lipinski definition) is 4. The van der Waals surface area contributed by atoms with Gasteiger partial charge in [-0.15, -0.1) is 0 Å². The molecular formula is C9H15N3O6. The molecular weight excluding hydrogens is 246 g/mol. The molecule has 3 amide bonds. The van der Waals surface area contributed by atoms with Crippen molar-refractivity contribution in [1.29, 1.82) is 0 Å². The number of carbonyl (C=O) groups is 4. The maximum atomic E-state index is 11.8. The van der Waals surface area contributed by atoms with E-state index >= 15 is 0 Å². The monoisotopic (exact) mass is 261 g/mol. The topological polar surface area (TPSA) is 141 Å². The lowest BCUT2D eigenvalue weighted by atomic mass is 10.4.